The molecule has 0 saturated heterocycles. The van der Waals surface area contributed by atoms with Gasteiger partial charge in [0, 0.05) is 10.7 Å². The van der Waals surface area contributed by atoms with Gasteiger partial charge >= 0.3 is 0 Å². The number of rotatable bonds is 6. The molecule has 0 radical (unpaired) electrons. The van der Waals surface area contributed by atoms with Crippen LogP contribution < -0.4 is 5.32 Å². The third kappa shape index (κ3) is 4.26. The van der Waals surface area contributed by atoms with Crippen LogP contribution in [0.5, 0.6) is 0 Å². The molecular formula is C17H14ClN7S2. The summed E-state index contributed by atoms with van der Waals surface area (Å²) >= 11 is 9.17. The summed E-state index contributed by atoms with van der Waals surface area (Å²) in [5.41, 5.74) is 2.84. The van der Waals surface area contributed by atoms with Crippen LogP contribution in [0.25, 0.3) is 5.69 Å². The van der Waals surface area contributed by atoms with Crippen LogP contribution in [-0.4, -0.2) is 30.4 Å². The topological polar surface area (TPSA) is 81.4 Å². The fraction of sp³-hybridized carbons (Fsp3) is 0.118. The van der Waals surface area contributed by atoms with E-state index in [4.69, 9.17) is 11.6 Å². The summed E-state index contributed by atoms with van der Waals surface area (Å²) in [5.74, 6) is 1.34. The van der Waals surface area contributed by atoms with Crippen molar-refractivity contribution in [1.29, 1.82) is 0 Å². The van der Waals surface area contributed by atoms with Gasteiger partial charge in [-0.1, -0.05) is 59.0 Å². The highest BCUT2D eigenvalue weighted by molar-refractivity contribution is 8.00. The smallest absolute Gasteiger partial charge is 0.210 e. The molecule has 10 heteroatoms. The zero-order valence-corrected chi connectivity index (χ0v) is 16.6. The molecule has 0 spiro atoms. The molecular weight excluding hydrogens is 402 g/mol. The van der Waals surface area contributed by atoms with Crippen LogP contribution in [0.1, 0.15) is 11.4 Å². The van der Waals surface area contributed by atoms with Crippen LogP contribution in [0, 0.1) is 6.92 Å². The summed E-state index contributed by atoms with van der Waals surface area (Å²) in [5, 5.41) is 25.0. The number of para-hydroxylation sites is 1. The first-order valence-corrected chi connectivity index (χ1v) is 10.2. The SMILES string of the molecule is Cc1ccc(Nc2nnc(SCc3nnnn3-c3ccccc3)s2)cc1Cl. The Hall–Kier alpha value is -2.49. The van der Waals surface area contributed by atoms with Crippen LogP contribution in [0.15, 0.2) is 52.9 Å². The predicted molar refractivity (Wildman–Crippen MR) is 108 cm³/mol. The van der Waals surface area contributed by atoms with Crippen molar-refractivity contribution < 1.29 is 0 Å². The van der Waals surface area contributed by atoms with Gasteiger partial charge in [0.2, 0.25) is 5.13 Å². The van der Waals surface area contributed by atoms with Gasteiger partial charge in [-0.05, 0) is 47.2 Å². The van der Waals surface area contributed by atoms with E-state index < -0.39 is 0 Å². The maximum absolute atomic E-state index is 6.16. The zero-order chi connectivity index (χ0) is 18.6. The van der Waals surface area contributed by atoms with Crippen LogP contribution in [-0.2, 0) is 5.75 Å². The number of halogens is 1. The molecule has 2 heterocycles. The van der Waals surface area contributed by atoms with Gasteiger partial charge in [-0.25, -0.2) is 0 Å². The number of aromatic nitrogens is 6. The number of anilines is 2. The van der Waals surface area contributed by atoms with Gasteiger partial charge in [0.1, 0.15) is 0 Å². The highest BCUT2D eigenvalue weighted by Crippen LogP contribution is 2.30. The number of nitrogens with one attached hydrogen (secondary N) is 1. The maximum Gasteiger partial charge on any atom is 0.210 e. The second kappa shape index (κ2) is 8.03. The van der Waals surface area contributed by atoms with Gasteiger partial charge in [-0.2, -0.15) is 4.68 Å². The van der Waals surface area contributed by atoms with Gasteiger partial charge in [0.05, 0.1) is 11.4 Å². The lowest BCUT2D eigenvalue weighted by Crippen LogP contribution is -2.01. The Morgan fingerprint density at radius 3 is 2.78 bits per heavy atom. The molecule has 0 aliphatic heterocycles. The number of tetrazole rings is 1. The van der Waals surface area contributed by atoms with Crippen molar-refractivity contribution in [2.24, 2.45) is 0 Å². The number of thioether (sulfide) groups is 1. The molecule has 4 aromatic rings. The zero-order valence-electron chi connectivity index (χ0n) is 14.2. The molecule has 0 unspecified atom stereocenters. The summed E-state index contributed by atoms with van der Waals surface area (Å²) in [6, 6.07) is 15.6. The molecule has 1 N–H and O–H groups in total. The molecule has 0 bridgehead atoms. The van der Waals surface area contributed by atoms with Crippen molar-refractivity contribution in [3.8, 4) is 5.69 Å². The Balaban J connectivity index is 1.42. The average Bonchev–Trinajstić information content (AvgIpc) is 3.33. The van der Waals surface area contributed by atoms with Gasteiger partial charge < -0.3 is 5.32 Å². The van der Waals surface area contributed by atoms with Crippen molar-refractivity contribution in [3.63, 3.8) is 0 Å². The highest BCUT2D eigenvalue weighted by atomic mass is 35.5. The number of hydrogen-bond acceptors (Lipinski definition) is 8. The monoisotopic (exact) mass is 415 g/mol. The van der Waals surface area contributed by atoms with E-state index in [1.165, 1.54) is 23.1 Å². The molecule has 0 aliphatic carbocycles. The molecule has 0 saturated carbocycles. The standard InChI is InChI=1S/C17H14ClN7S2/c1-11-7-8-12(9-14(11)18)19-16-21-22-17(27-16)26-10-15-20-23-24-25(15)13-5-3-2-4-6-13/h2-9H,10H2,1H3,(H,19,21). The van der Waals surface area contributed by atoms with E-state index >= 15 is 0 Å². The van der Waals surface area contributed by atoms with Crippen LogP contribution in [0.4, 0.5) is 10.8 Å². The van der Waals surface area contributed by atoms with Crippen LogP contribution >= 0.6 is 34.7 Å². The highest BCUT2D eigenvalue weighted by Gasteiger charge is 2.11. The van der Waals surface area contributed by atoms with Crippen molar-refractivity contribution in [3.05, 3.63) is 64.9 Å². The molecule has 0 atom stereocenters. The molecule has 0 fully saturated rings. The molecule has 27 heavy (non-hydrogen) atoms. The second-order valence-corrected chi connectivity index (χ2v) is 8.20. The van der Waals surface area contributed by atoms with Gasteiger partial charge in [0.15, 0.2) is 10.2 Å². The van der Waals surface area contributed by atoms with Crippen molar-refractivity contribution in [1.82, 2.24) is 30.4 Å². The normalized spacial score (nSPS) is 10.9. The van der Waals surface area contributed by atoms with Crippen LogP contribution in [0.3, 0.4) is 0 Å². The van der Waals surface area contributed by atoms with E-state index in [2.05, 4.69) is 31.0 Å². The van der Waals surface area contributed by atoms with E-state index in [1.54, 1.807) is 4.68 Å². The Morgan fingerprint density at radius 1 is 1.11 bits per heavy atom. The van der Waals surface area contributed by atoms with E-state index in [0.717, 1.165) is 27.1 Å². The summed E-state index contributed by atoms with van der Waals surface area (Å²) in [6.45, 7) is 1.97. The number of aryl methyl sites for hydroxylation is 1. The molecule has 0 amide bonds. The predicted octanol–water partition coefficient (Wildman–Crippen LogP) is 4.51. The summed E-state index contributed by atoms with van der Waals surface area (Å²) in [4.78, 5) is 0. The minimum atomic E-state index is 0.590. The number of nitrogens with zero attached hydrogens (tertiary/aromatic N) is 6. The molecule has 2 aromatic heterocycles. The second-order valence-electron chi connectivity index (χ2n) is 5.59. The third-order valence-corrected chi connectivity index (χ3v) is 6.06. The van der Waals surface area contributed by atoms with Crippen molar-refractivity contribution >= 4 is 45.5 Å². The first-order chi connectivity index (χ1) is 13.2. The fourth-order valence-electron chi connectivity index (χ4n) is 2.30. The molecule has 2 aromatic carbocycles. The number of benzene rings is 2. The van der Waals surface area contributed by atoms with Gasteiger partial charge in [-0.3, -0.25) is 0 Å². The Kier molecular flexibility index (Phi) is 5.33. The van der Waals surface area contributed by atoms with E-state index in [1.807, 2.05) is 55.5 Å². The minimum Gasteiger partial charge on any atom is -0.330 e. The molecule has 7 nitrogen and oxygen atoms in total. The first kappa shape index (κ1) is 17.9. The lowest BCUT2D eigenvalue weighted by molar-refractivity contribution is 0.777. The van der Waals surface area contributed by atoms with Gasteiger partial charge in [0.25, 0.3) is 0 Å². The van der Waals surface area contributed by atoms with Crippen molar-refractivity contribution in [2.75, 3.05) is 5.32 Å². The Bertz CT molecular complexity index is 1050. The molecule has 136 valence electrons. The summed E-state index contributed by atoms with van der Waals surface area (Å²) < 4.78 is 2.56. The lowest BCUT2D eigenvalue weighted by Gasteiger charge is -2.04. The van der Waals surface area contributed by atoms with E-state index in [9.17, 15) is 0 Å². The maximum atomic E-state index is 6.16. The number of hydrogen-bond donors (Lipinski definition) is 1. The summed E-state index contributed by atoms with van der Waals surface area (Å²) in [6.07, 6.45) is 0. The Morgan fingerprint density at radius 2 is 1.96 bits per heavy atom. The van der Waals surface area contributed by atoms with E-state index in [0.29, 0.717) is 15.9 Å². The molecule has 0 aliphatic rings. The van der Waals surface area contributed by atoms with Crippen molar-refractivity contribution in [2.45, 2.75) is 17.0 Å². The quantitative estimate of drug-likeness (QED) is 0.464. The third-order valence-electron chi connectivity index (χ3n) is 3.69. The largest absolute Gasteiger partial charge is 0.330 e. The van der Waals surface area contributed by atoms with E-state index in [-0.39, 0.29) is 0 Å². The van der Waals surface area contributed by atoms with Crippen LogP contribution in [0.2, 0.25) is 5.02 Å². The first-order valence-electron chi connectivity index (χ1n) is 8.01. The fourth-order valence-corrected chi connectivity index (χ4v) is 4.16. The molecule has 4 rings (SSSR count). The minimum absolute atomic E-state index is 0.590. The van der Waals surface area contributed by atoms with Gasteiger partial charge in [-0.15, -0.1) is 15.3 Å². The summed E-state index contributed by atoms with van der Waals surface area (Å²) in [7, 11) is 0. The average molecular weight is 416 g/mol. The lowest BCUT2D eigenvalue weighted by atomic mass is 10.2. The Labute approximate surface area is 168 Å².